The van der Waals surface area contributed by atoms with Gasteiger partial charge in [0, 0.05) is 19.3 Å². The number of rotatable bonds is 47. The van der Waals surface area contributed by atoms with Crippen LogP contribution in [0.2, 0.25) is 0 Å². The molecule has 1 unspecified atom stereocenters. The fraction of sp³-hybridized carbons (Fsp3) is 0.650. The number of esters is 3. The summed E-state index contributed by atoms with van der Waals surface area (Å²) in [4.78, 5) is 38.1. The van der Waals surface area contributed by atoms with Crippen molar-refractivity contribution in [3.05, 3.63) is 109 Å². The lowest BCUT2D eigenvalue weighted by Crippen LogP contribution is -2.30. The van der Waals surface area contributed by atoms with Crippen molar-refractivity contribution in [1.29, 1.82) is 0 Å². The second-order valence-corrected chi connectivity index (χ2v) is 17.4. The van der Waals surface area contributed by atoms with Gasteiger partial charge in [0.2, 0.25) is 0 Å². The zero-order valence-corrected chi connectivity index (χ0v) is 42.7. The maximum atomic E-state index is 12.8. The molecule has 0 saturated carbocycles. The van der Waals surface area contributed by atoms with E-state index in [1.54, 1.807) is 0 Å². The van der Waals surface area contributed by atoms with Gasteiger partial charge in [-0.15, -0.1) is 0 Å². The van der Waals surface area contributed by atoms with Gasteiger partial charge < -0.3 is 14.2 Å². The molecule has 0 aromatic heterocycles. The Kier molecular flexibility index (Phi) is 50.5. The lowest BCUT2D eigenvalue weighted by molar-refractivity contribution is -0.167. The van der Waals surface area contributed by atoms with Crippen molar-refractivity contribution in [2.45, 2.75) is 239 Å². The first kappa shape index (κ1) is 62.1. The number of carbonyl (C=O) groups is 3. The van der Waals surface area contributed by atoms with Gasteiger partial charge in [-0.05, 0) is 103 Å². The van der Waals surface area contributed by atoms with Crippen molar-refractivity contribution in [3.63, 3.8) is 0 Å². The summed E-state index contributed by atoms with van der Waals surface area (Å²) < 4.78 is 16.8. The highest BCUT2D eigenvalue weighted by atomic mass is 16.6. The van der Waals surface area contributed by atoms with Crippen LogP contribution in [0.3, 0.4) is 0 Å². The van der Waals surface area contributed by atoms with Crippen LogP contribution in [0, 0.1) is 0 Å². The first-order chi connectivity index (χ1) is 32.5. The molecule has 0 aliphatic heterocycles. The monoisotopic (exact) mass is 915 g/mol. The second kappa shape index (κ2) is 53.7. The first-order valence-corrected chi connectivity index (χ1v) is 26.9. The molecule has 1 atom stereocenters. The maximum Gasteiger partial charge on any atom is 0.306 e. The number of ether oxygens (including phenoxy) is 3. The molecule has 374 valence electrons. The molecule has 6 nitrogen and oxygen atoms in total. The van der Waals surface area contributed by atoms with Crippen molar-refractivity contribution in [1.82, 2.24) is 0 Å². The van der Waals surface area contributed by atoms with E-state index in [-0.39, 0.29) is 37.5 Å². The van der Waals surface area contributed by atoms with E-state index in [1.807, 2.05) is 0 Å². The second-order valence-electron chi connectivity index (χ2n) is 17.4. The molecule has 0 radical (unpaired) electrons. The van der Waals surface area contributed by atoms with Crippen molar-refractivity contribution in [2.75, 3.05) is 13.2 Å². The molecule has 66 heavy (non-hydrogen) atoms. The number of unbranched alkanes of at least 4 members (excludes halogenated alkanes) is 20. The van der Waals surface area contributed by atoms with E-state index < -0.39 is 6.10 Å². The molecule has 0 N–H and O–H groups in total. The number of hydrogen-bond acceptors (Lipinski definition) is 6. The molecule has 0 spiro atoms. The number of carbonyl (C=O) groups excluding carboxylic acids is 3. The van der Waals surface area contributed by atoms with Crippen LogP contribution in [0.4, 0.5) is 0 Å². The topological polar surface area (TPSA) is 78.9 Å². The van der Waals surface area contributed by atoms with E-state index in [0.717, 1.165) is 103 Å². The van der Waals surface area contributed by atoms with E-state index in [9.17, 15) is 14.4 Å². The van der Waals surface area contributed by atoms with Gasteiger partial charge in [-0.3, -0.25) is 14.4 Å². The minimum absolute atomic E-state index is 0.107. The van der Waals surface area contributed by atoms with E-state index in [0.29, 0.717) is 19.3 Å². The Balaban J connectivity index is 4.52. The maximum absolute atomic E-state index is 12.8. The van der Waals surface area contributed by atoms with E-state index in [1.165, 1.54) is 83.5 Å². The molecule has 6 heteroatoms. The van der Waals surface area contributed by atoms with Gasteiger partial charge in [-0.2, -0.15) is 0 Å². The zero-order valence-electron chi connectivity index (χ0n) is 42.7. The molecule has 0 aliphatic rings. The molecule has 0 saturated heterocycles. The van der Waals surface area contributed by atoms with Crippen molar-refractivity contribution < 1.29 is 28.6 Å². The standard InChI is InChI=1S/C60H98O6/c1-4-7-10-13-16-19-22-25-28-30-33-35-38-41-44-47-50-53-59(62)65-56-57(55-64-58(61)52-49-46-43-40-37-34-31-27-24-21-18-15-12-9-6-3)66-60(63)54-51-48-45-42-39-36-32-29-26-23-20-17-14-11-8-5-2/h7,9-10,12,15-16,18-19,21,24-25,28-29,32-33,35,41,44,57H,4-6,8,11,13-14,17,20,22-23,26-27,30-31,34,36-40,42-43,45-56H2,1-3H3/b10-7-,12-9-,18-15-,19-16-,24-21-,28-25-,32-29-,35-33-,44-41-. The molecule has 0 bridgehead atoms. The molecule has 0 rings (SSSR count). The van der Waals surface area contributed by atoms with Gasteiger partial charge in [0.15, 0.2) is 6.10 Å². The highest BCUT2D eigenvalue weighted by Crippen LogP contribution is 2.14. The summed E-state index contributed by atoms with van der Waals surface area (Å²) in [5.74, 6) is -0.990. The number of allylic oxidation sites excluding steroid dienone is 18. The third-order valence-corrected chi connectivity index (χ3v) is 11.1. The Hall–Kier alpha value is -3.93. The van der Waals surface area contributed by atoms with Crippen molar-refractivity contribution >= 4 is 17.9 Å². The highest BCUT2D eigenvalue weighted by Gasteiger charge is 2.19. The van der Waals surface area contributed by atoms with Gasteiger partial charge >= 0.3 is 17.9 Å². The Morgan fingerprint density at radius 3 is 1.17 bits per heavy atom. The van der Waals surface area contributed by atoms with Crippen molar-refractivity contribution in [3.8, 4) is 0 Å². The minimum atomic E-state index is -0.812. The van der Waals surface area contributed by atoms with Crippen LogP contribution in [-0.4, -0.2) is 37.2 Å². The van der Waals surface area contributed by atoms with E-state index >= 15 is 0 Å². The van der Waals surface area contributed by atoms with Gasteiger partial charge in [0.25, 0.3) is 0 Å². The summed E-state index contributed by atoms with van der Waals surface area (Å²) in [5.41, 5.74) is 0. The Morgan fingerprint density at radius 1 is 0.333 bits per heavy atom. The van der Waals surface area contributed by atoms with Gasteiger partial charge in [0.1, 0.15) is 13.2 Å². The molecule has 0 aromatic rings. The Labute approximate surface area is 406 Å². The third kappa shape index (κ3) is 51.1. The molecule has 0 aliphatic carbocycles. The lowest BCUT2D eigenvalue weighted by Gasteiger charge is -2.18. The fourth-order valence-electron chi connectivity index (χ4n) is 7.06. The molecular weight excluding hydrogens is 817 g/mol. The summed E-state index contributed by atoms with van der Waals surface area (Å²) in [5, 5.41) is 0. The predicted octanol–water partition coefficient (Wildman–Crippen LogP) is 17.9. The quantitative estimate of drug-likeness (QED) is 0.0199. The normalized spacial score (nSPS) is 13.0. The summed E-state index contributed by atoms with van der Waals surface area (Å²) in [7, 11) is 0. The van der Waals surface area contributed by atoms with Gasteiger partial charge in [0.05, 0.1) is 0 Å². The van der Waals surface area contributed by atoms with E-state index in [4.69, 9.17) is 14.2 Å². The summed E-state index contributed by atoms with van der Waals surface area (Å²) in [6.45, 7) is 6.32. The number of hydrogen-bond donors (Lipinski definition) is 0. The fourth-order valence-corrected chi connectivity index (χ4v) is 7.06. The van der Waals surface area contributed by atoms with Gasteiger partial charge in [-0.1, -0.05) is 220 Å². The largest absolute Gasteiger partial charge is 0.462 e. The average molecular weight is 915 g/mol. The van der Waals surface area contributed by atoms with Crippen LogP contribution in [0.1, 0.15) is 233 Å². The molecular formula is C60H98O6. The average Bonchev–Trinajstić information content (AvgIpc) is 3.31. The first-order valence-electron chi connectivity index (χ1n) is 26.9. The predicted molar refractivity (Wildman–Crippen MR) is 283 cm³/mol. The third-order valence-electron chi connectivity index (χ3n) is 11.1. The van der Waals surface area contributed by atoms with Gasteiger partial charge in [-0.25, -0.2) is 0 Å². The summed E-state index contributed by atoms with van der Waals surface area (Å²) >= 11 is 0. The molecule has 0 amide bonds. The summed E-state index contributed by atoms with van der Waals surface area (Å²) in [6, 6.07) is 0. The van der Waals surface area contributed by atoms with Crippen LogP contribution in [0.25, 0.3) is 0 Å². The minimum Gasteiger partial charge on any atom is -0.462 e. The molecule has 0 aromatic carbocycles. The van der Waals surface area contributed by atoms with Crippen LogP contribution in [0.5, 0.6) is 0 Å². The van der Waals surface area contributed by atoms with Crippen LogP contribution in [0.15, 0.2) is 109 Å². The zero-order chi connectivity index (χ0) is 47.9. The molecule has 0 heterocycles. The van der Waals surface area contributed by atoms with Crippen molar-refractivity contribution in [2.24, 2.45) is 0 Å². The highest BCUT2D eigenvalue weighted by molar-refractivity contribution is 5.71. The van der Waals surface area contributed by atoms with Crippen LogP contribution in [-0.2, 0) is 28.6 Å². The molecule has 0 fully saturated rings. The Bertz CT molecular complexity index is 1370. The summed E-state index contributed by atoms with van der Waals surface area (Å²) in [6.07, 6.45) is 72.2. The smallest absolute Gasteiger partial charge is 0.306 e. The van der Waals surface area contributed by atoms with E-state index in [2.05, 4.69) is 130 Å². The van der Waals surface area contributed by atoms with Crippen LogP contribution < -0.4 is 0 Å². The Morgan fingerprint density at radius 2 is 0.682 bits per heavy atom. The lowest BCUT2D eigenvalue weighted by atomic mass is 10.1. The van der Waals surface area contributed by atoms with Crippen LogP contribution >= 0.6 is 0 Å². The SMILES string of the molecule is CC\C=C/C=C\C=C/CCCCCCCCCC(=O)OCC(COC(=O)CCC/C=C\C/C=C\C/C=C\C/C=C\C/C=C\CC)OC(=O)CCCCCCC/C=C\CCCCCCCCC.